The molecule has 2 fully saturated rings. The number of hydrogen-bond acceptors (Lipinski definition) is 4. The Labute approximate surface area is 140 Å². The number of nitrogens with zero attached hydrogens (tertiary/aromatic N) is 2. The van der Waals surface area contributed by atoms with E-state index in [2.05, 4.69) is 34.8 Å². The van der Waals surface area contributed by atoms with Gasteiger partial charge in [-0.2, -0.15) is 0 Å². The van der Waals surface area contributed by atoms with Crippen molar-refractivity contribution in [2.45, 2.75) is 57.3 Å². The monoisotopic (exact) mass is 401 g/mol. The second-order valence-electron chi connectivity index (χ2n) is 6.03. The maximum atomic E-state index is 5.48. The first-order chi connectivity index (χ1) is 10.3. The van der Waals surface area contributed by atoms with Crippen molar-refractivity contribution in [3.63, 3.8) is 0 Å². The molecular weight excluding hydrogens is 377 g/mol. The Morgan fingerprint density at radius 3 is 2.48 bits per heavy atom. The van der Waals surface area contributed by atoms with E-state index in [1.54, 1.807) is 0 Å². The molecule has 0 amide bonds. The predicted molar refractivity (Wildman–Crippen MR) is 92.9 cm³/mol. The van der Waals surface area contributed by atoms with Crippen LogP contribution in [-0.4, -0.2) is 29.7 Å². The average Bonchev–Trinajstić information content (AvgIpc) is 3.04. The highest BCUT2D eigenvalue weighted by Crippen LogP contribution is 2.38. The van der Waals surface area contributed by atoms with Crippen LogP contribution in [0.15, 0.2) is 0 Å². The lowest BCUT2D eigenvalue weighted by atomic mass is 9.98. The van der Waals surface area contributed by atoms with Crippen molar-refractivity contribution < 1.29 is 4.74 Å². The molecule has 0 bridgehead atoms. The lowest BCUT2D eigenvalue weighted by Gasteiger charge is -2.23. The molecule has 1 saturated carbocycles. The molecule has 5 heteroatoms. The van der Waals surface area contributed by atoms with Gasteiger partial charge in [-0.1, -0.05) is 12.8 Å². The lowest BCUT2D eigenvalue weighted by molar-refractivity contribution is 0.0835. The normalized spacial score (nSPS) is 20.9. The van der Waals surface area contributed by atoms with Crippen LogP contribution in [0.1, 0.15) is 68.8 Å². The van der Waals surface area contributed by atoms with E-state index in [-0.39, 0.29) is 0 Å². The number of anilines is 1. The van der Waals surface area contributed by atoms with E-state index in [4.69, 9.17) is 14.7 Å². The summed E-state index contributed by atoms with van der Waals surface area (Å²) in [4.78, 5) is 9.84. The minimum atomic E-state index is 0.466. The van der Waals surface area contributed by atoms with Crippen LogP contribution in [0.5, 0.6) is 0 Å². The molecule has 0 unspecified atom stereocenters. The van der Waals surface area contributed by atoms with Gasteiger partial charge in [0.15, 0.2) is 0 Å². The summed E-state index contributed by atoms with van der Waals surface area (Å²) in [6.45, 7) is 4.72. The molecule has 3 rings (SSSR count). The van der Waals surface area contributed by atoms with Crippen molar-refractivity contribution in [3.05, 3.63) is 15.1 Å². The van der Waals surface area contributed by atoms with Crippen molar-refractivity contribution in [1.82, 2.24) is 9.97 Å². The largest absolute Gasteiger partial charge is 0.381 e. The summed E-state index contributed by atoms with van der Waals surface area (Å²) in [5, 5.41) is 3.43. The standard InChI is InChI=1S/C16H24IN3O/c1-2-18-16-13(17)14(11-5-3-4-6-11)19-15(20-16)12-7-9-21-10-8-12/h11-12H,2-10H2,1H3,(H,18,19,20). The van der Waals surface area contributed by atoms with Crippen LogP contribution in [0.2, 0.25) is 0 Å². The quantitative estimate of drug-likeness (QED) is 0.773. The molecule has 1 aliphatic carbocycles. The maximum Gasteiger partial charge on any atom is 0.143 e. The van der Waals surface area contributed by atoms with Crippen LogP contribution in [0, 0.1) is 3.57 Å². The number of hydrogen-bond donors (Lipinski definition) is 1. The van der Waals surface area contributed by atoms with Crippen LogP contribution >= 0.6 is 22.6 Å². The third-order valence-electron chi connectivity index (χ3n) is 4.57. The first kappa shape index (κ1) is 15.5. The van der Waals surface area contributed by atoms with Gasteiger partial charge in [-0.15, -0.1) is 0 Å². The van der Waals surface area contributed by atoms with Gasteiger partial charge in [-0.05, 0) is 55.2 Å². The SMILES string of the molecule is CCNc1nc(C2CCOCC2)nc(C2CCCC2)c1I. The second kappa shape index (κ2) is 7.22. The van der Waals surface area contributed by atoms with E-state index in [0.29, 0.717) is 11.8 Å². The molecule has 0 atom stereocenters. The Morgan fingerprint density at radius 2 is 1.81 bits per heavy atom. The van der Waals surface area contributed by atoms with Crippen molar-refractivity contribution in [1.29, 1.82) is 0 Å². The zero-order chi connectivity index (χ0) is 14.7. The number of ether oxygens (including phenoxy) is 1. The third-order valence-corrected chi connectivity index (χ3v) is 5.63. The van der Waals surface area contributed by atoms with Crippen LogP contribution in [-0.2, 0) is 4.74 Å². The van der Waals surface area contributed by atoms with E-state index >= 15 is 0 Å². The van der Waals surface area contributed by atoms with E-state index in [9.17, 15) is 0 Å². The Morgan fingerprint density at radius 1 is 1.10 bits per heavy atom. The highest BCUT2D eigenvalue weighted by molar-refractivity contribution is 14.1. The fourth-order valence-electron chi connectivity index (χ4n) is 3.38. The van der Waals surface area contributed by atoms with Crippen molar-refractivity contribution >= 4 is 28.4 Å². The Balaban J connectivity index is 1.94. The number of aromatic nitrogens is 2. The molecule has 2 heterocycles. The van der Waals surface area contributed by atoms with Gasteiger partial charge in [0.2, 0.25) is 0 Å². The molecule has 1 aromatic rings. The first-order valence-electron chi connectivity index (χ1n) is 8.18. The number of nitrogens with one attached hydrogen (secondary N) is 1. The van der Waals surface area contributed by atoms with E-state index in [0.717, 1.165) is 44.2 Å². The lowest BCUT2D eigenvalue weighted by Crippen LogP contribution is -2.19. The molecule has 1 saturated heterocycles. The van der Waals surface area contributed by atoms with Crippen LogP contribution in [0.3, 0.4) is 0 Å². The number of rotatable bonds is 4. The number of halogens is 1. The van der Waals surface area contributed by atoms with E-state index in [1.165, 1.54) is 34.9 Å². The summed E-state index contributed by atoms with van der Waals surface area (Å²) >= 11 is 2.43. The highest BCUT2D eigenvalue weighted by Gasteiger charge is 2.26. The van der Waals surface area contributed by atoms with Gasteiger partial charge in [0.1, 0.15) is 11.6 Å². The van der Waals surface area contributed by atoms with Crippen molar-refractivity contribution in [3.8, 4) is 0 Å². The van der Waals surface area contributed by atoms with Gasteiger partial charge in [-0.25, -0.2) is 9.97 Å². The summed E-state index contributed by atoms with van der Waals surface area (Å²) in [7, 11) is 0. The fourth-order valence-corrected chi connectivity index (χ4v) is 4.25. The zero-order valence-electron chi connectivity index (χ0n) is 12.7. The highest BCUT2D eigenvalue weighted by atomic mass is 127. The second-order valence-corrected chi connectivity index (χ2v) is 7.11. The molecule has 1 N–H and O–H groups in total. The Hall–Kier alpha value is -0.430. The molecule has 0 spiro atoms. The molecular formula is C16H24IN3O. The Kier molecular flexibility index (Phi) is 5.32. The van der Waals surface area contributed by atoms with Gasteiger partial charge in [0.25, 0.3) is 0 Å². The van der Waals surface area contributed by atoms with Gasteiger partial charge in [0.05, 0.1) is 9.26 Å². The molecule has 1 aromatic heterocycles. The summed E-state index contributed by atoms with van der Waals surface area (Å²) in [6, 6.07) is 0. The molecule has 2 aliphatic rings. The molecule has 0 radical (unpaired) electrons. The van der Waals surface area contributed by atoms with Crippen LogP contribution in [0.25, 0.3) is 0 Å². The molecule has 1 aliphatic heterocycles. The summed E-state index contributed by atoms with van der Waals surface area (Å²) in [5.41, 5.74) is 1.29. The fraction of sp³-hybridized carbons (Fsp3) is 0.750. The molecule has 116 valence electrons. The topological polar surface area (TPSA) is 47.0 Å². The zero-order valence-corrected chi connectivity index (χ0v) is 14.9. The summed E-state index contributed by atoms with van der Waals surface area (Å²) in [6.07, 6.45) is 7.35. The van der Waals surface area contributed by atoms with Gasteiger partial charge < -0.3 is 10.1 Å². The predicted octanol–water partition coefficient (Wildman–Crippen LogP) is 4.06. The van der Waals surface area contributed by atoms with Crippen molar-refractivity contribution in [2.75, 3.05) is 25.1 Å². The minimum absolute atomic E-state index is 0.466. The van der Waals surface area contributed by atoms with Crippen molar-refractivity contribution in [2.24, 2.45) is 0 Å². The van der Waals surface area contributed by atoms with E-state index < -0.39 is 0 Å². The smallest absolute Gasteiger partial charge is 0.143 e. The first-order valence-corrected chi connectivity index (χ1v) is 9.26. The van der Waals surface area contributed by atoms with E-state index in [1.807, 2.05) is 0 Å². The molecule has 0 aromatic carbocycles. The average molecular weight is 401 g/mol. The summed E-state index contributed by atoms with van der Waals surface area (Å²) < 4.78 is 6.71. The van der Waals surface area contributed by atoms with Gasteiger partial charge in [-0.3, -0.25) is 0 Å². The minimum Gasteiger partial charge on any atom is -0.381 e. The Bertz CT molecular complexity index is 483. The molecule has 4 nitrogen and oxygen atoms in total. The summed E-state index contributed by atoms with van der Waals surface area (Å²) in [5.74, 6) is 3.18. The van der Waals surface area contributed by atoms with Gasteiger partial charge >= 0.3 is 0 Å². The van der Waals surface area contributed by atoms with Crippen LogP contribution in [0.4, 0.5) is 5.82 Å². The molecule has 21 heavy (non-hydrogen) atoms. The maximum absolute atomic E-state index is 5.48. The van der Waals surface area contributed by atoms with Crippen LogP contribution < -0.4 is 5.32 Å². The van der Waals surface area contributed by atoms with Gasteiger partial charge in [0, 0.05) is 31.6 Å². The third kappa shape index (κ3) is 3.50.